The first-order valence-electron chi connectivity index (χ1n) is 9.79. The Balaban J connectivity index is 1.62. The molecule has 0 fully saturated rings. The molecule has 0 aliphatic heterocycles. The molecule has 2 aromatic carbocycles. The minimum Gasteiger partial charge on any atom is -0.372 e. The molecule has 0 radical (unpaired) electrons. The number of rotatable bonds is 9. The largest absolute Gasteiger partial charge is 0.372 e. The van der Waals surface area contributed by atoms with Crippen molar-refractivity contribution in [3.63, 3.8) is 0 Å². The zero-order valence-electron chi connectivity index (χ0n) is 16.8. The zero-order chi connectivity index (χ0) is 19.8. The molecule has 0 aliphatic carbocycles. The van der Waals surface area contributed by atoms with Gasteiger partial charge in [0.1, 0.15) is 0 Å². The van der Waals surface area contributed by atoms with Gasteiger partial charge in [-0.1, -0.05) is 30.3 Å². The number of anilines is 4. The smallest absolute Gasteiger partial charge is 0.249 e. The molecule has 3 rings (SSSR count). The van der Waals surface area contributed by atoms with Crippen LogP contribution in [0.25, 0.3) is 0 Å². The molecule has 6 heteroatoms. The highest BCUT2D eigenvalue weighted by Gasteiger charge is 2.07. The van der Waals surface area contributed by atoms with E-state index < -0.39 is 0 Å². The van der Waals surface area contributed by atoms with Crippen molar-refractivity contribution >= 4 is 23.1 Å². The number of aromatic nitrogens is 3. The molecule has 1 heterocycles. The summed E-state index contributed by atoms with van der Waals surface area (Å²) >= 11 is 0. The van der Waals surface area contributed by atoms with Gasteiger partial charge in [-0.15, -0.1) is 5.10 Å². The van der Waals surface area contributed by atoms with E-state index in [9.17, 15) is 0 Å². The lowest BCUT2D eigenvalue weighted by Crippen LogP contribution is -2.21. The molecule has 0 atom stereocenters. The Hall–Kier alpha value is -3.15. The molecule has 1 aromatic heterocycles. The summed E-state index contributed by atoms with van der Waals surface area (Å²) in [6.45, 7) is 9.20. The van der Waals surface area contributed by atoms with Crippen LogP contribution in [0, 0.1) is 6.92 Å². The van der Waals surface area contributed by atoms with Gasteiger partial charge in [-0.3, -0.25) is 0 Å². The van der Waals surface area contributed by atoms with Gasteiger partial charge in [0.25, 0.3) is 0 Å². The van der Waals surface area contributed by atoms with E-state index in [1.807, 2.05) is 6.07 Å². The van der Waals surface area contributed by atoms with Gasteiger partial charge >= 0.3 is 0 Å². The summed E-state index contributed by atoms with van der Waals surface area (Å²) in [4.78, 5) is 6.85. The second kappa shape index (κ2) is 9.69. The first-order chi connectivity index (χ1) is 13.7. The molecule has 0 saturated heterocycles. The van der Waals surface area contributed by atoms with Crippen LogP contribution < -0.4 is 15.5 Å². The number of hydrogen-bond donors (Lipinski definition) is 2. The van der Waals surface area contributed by atoms with Gasteiger partial charge in [0.05, 0.1) is 6.20 Å². The van der Waals surface area contributed by atoms with Gasteiger partial charge in [0, 0.05) is 31.0 Å². The van der Waals surface area contributed by atoms with Crippen LogP contribution in [0.3, 0.4) is 0 Å². The number of aryl methyl sites for hydroxylation is 1. The van der Waals surface area contributed by atoms with Gasteiger partial charge in [-0.25, -0.2) is 0 Å². The fourth-order valence-corrected chi connectivity index (χ4v) is 3.12. The summed E-state index contributed by atoms with van der Waals surface area (Å²) in [5.74, 6) is 1.20. The van der Waals surface area contributed by atoms with E-state index in [1.165, 1.54) is 11.3 Å². The van der Waals surface area contributed by atoms with Crippen molar-refractivity contribution in [2.45, 2.75) is 27.2 Å². The van der Waals surface area contributed by atoms with Crippen LogP contribution in [-0.4, -0.2) is 34.8 Å². The predicted molar refractivity (Wildman–Crippen MR) is 116 cm³/mol. The third-order valence-corrected chi connectivity index (χ3v) is 4.71. The van der Waals surface area contributed by atoms with Crippen molar-refractivity contribution in [1.82, 2.24) is 15.2 Å². The monoisotopic (exact) mass is 376 g/mol. The topological polar surface area (TPSA) is 66.0 Å². The van der Waals surface area contributed by atoms with Gasteiger partial charge in [0.2, 0.25) is 5.95 Å². The third kappa shape index (κ3) is 5.19. The SMILES string of the molecule is CCN(CC)c1ccc(Nc2nncc(NCCc3ccccc3)n2)c(C)c1. The summed E-state index contributed by atoms with van der Waals surface area (Å²) in [6, 6.07) is 16.8. The van der Waals surface area contributed by atoms with Gasteiger partial charge in [-0.05, 0) is 56.5 Å². The standard InChI is InChI=1S/C22H28N6/c1-4-28(5-2)19-11-12-20(17(3)15-19)25-22-26-21(16-24-27-22)23-14-13-18-9-7-6-8-10-18/h6-12,15-16H,4-5,13-14H2,1-3H3,(H2,23,25,26,27). The van der Waals surface area contributed by atoms with Gasteiger partial charge in [0.15, 0.2) is 5.82 Å². The van der Waals surface area contributed by atoms with Crippen molar-refractivity contribution in [3.8, 4) is 0 Å². The van der Waals surface area contributed by atoms with E-state index in [-0.39, 0.29) is 0 Å². The van der Waals surface area contributed by atoms with E-state index >= 15 is 0 Å². The van der Waals surface area contributed by atoms with Crippen LogP contribution in [0.4, 0.5) is 23.1 Å². The Morgan fingerprint density at radius 1 is 1.00 bits per heavy atom. The van der Waals surface area contributed by atoms with Crippen LogP contribution >= 0.6 is 0 Å². The summed E-state index contributed by atoms with van der Waals surface area (Å²) in [5, 5.41) is 14.8. The molecule has 0 saturated carbocycles. The number of nitrogens with zero attached hydrogens (tertiary/aromatic N) is 4. The lowest BCUT2D eigenvalue weighted by atomic mass is 10.1. The lowest BCUT2D eigenvalue weighted by molar-refractivity contribution is 0.865. The molecule has 28 heavy (non-hydrogen) atoms. The second-order valence-electron chi connectivity index (χ2n) is 6.62. The van der Waals surface area contributed by atoms with Crippen molar-refractivity contribution < 1.29 is 0 Å². The molecule has 0 spiro atoms. The van der Waals surface area contributed by atoms with Crippen LogP contribution in [0.1, 0.15) is 25.0 Å². The Kier molecular flexibility index (Phi) is 6.78. The van der Waals surface area contributed by atoms with E-state index in [2.05, 4.69) is 94.0 Å². The molecule has 0 bridgehead atoms. The normalized spacial score (nSPS) is 10.5. The van der Waals surface area contributed by atoms with Crippen LogP contribution in [0.5, 0.6) is 0 Å². The first-order valence-corrected chi connectivity index (χ1v) is 9.79. The first kappa shape index (κ1) is 19.6. The highest BCUT2D eigenvalue weighted by molar-refractivity contribution is 5.64. The molecule has 0 amide bonds. The number of nitrogens with one attached hydrogen (secondary N) is 2. The fourth-order valence-electron chi connectivity index (χ4n) is 3.12. The van der Waals surface area contributed by atoms with Gasteiger partial charge in [-0.2, -0.15) is 10.1 Å². The van der Waals surface area contributed by atoms with Crippen LogP contribution in [0.2, 0.25) is 0 Å². The van der Waals surface area contributed by atoms with Gasteiger partial charge < -0.3 is 15.5 Å². The summed E-state index contributed by atoms with van der Waals surface area (Å²) in [6.07, 6.45) is 2.58. The van der Waals surface area contributed by atoms with Crippen molar-refractivity contribution in [2.75, 3.05) is 35.2 Å². The molecular weight excluding hydrogens is 348 g/mol. The predicted octanol–water partition coefficient (Wildman–Crippen LogP) is 4.42. The number of benzene rings is 2. The molecule has 146 valence electrons. The van der Waals surface area contributed by atoms with Crippen molar-refractivity contribution in [2.24, 2.45) is 0 Å². The summed E-state index contributed by atoms with van der Waals surface area (Å²) in [5.41, 5.74) is 4.65. The van der Waals surface area contributed by atoms with Crippen LogP contribution in [0.15, 0.2) is 54.7 Å². The quantitative estimate of drug-likeness (QED) is 0.576. The molecule has 0 unspecified atom stereocenters. The molecule has 0 aliphatic rings. The van der Waals surface area contributed by atoms with Crippen LogP contribution in [-0.2, 0) is 6.42 Å². The minimum absolute atomic E-state index is 0.489. The third-order valence-electron chi connectivity index (χ3n) is 4.71. The van der Waals surface area contributed by atoms with E-state index in [4.69, 9.17) is 0 Å². The minimum atomic E-state index is 0.489. The van der Waals surface area contributed by atoms with E-state index in [0.29, 0.717) is 11.8 Å². The lowest BCUT2D eigenvalue weighted by Gasteiger charge is -2.22. The van der Waals surface area contributed by atoms with E-state index in [0.717, 1.165) is 37.3 Å². The number of hydrogen-bond acceptors (Lipinski definition) is 6. The van der Waals surface area contributed by atoms with Crippen molar-refractivity contribution in [3.05, 3.63) is 65.9 Å². The van der Waals surface area contributed by atoms with E-state index in [1.54, 1.807) is 6.20 Å². The molecular formula is C22H28N6. The molecule has 3 aromatic rings. The summed E-state index contributed by atoms with van der Waals surface area (Å²) < 4.78 is 0. The average molecular weight is 377 g/mol. The fraction of sp³-hybridized carbons (Fsp3) is 0.318. The second-order valence-corrected chi connectivity index (χ2v) is 6.62. The molecule has 6 nitrogen and oxygen atoms in total. The Bertz CT molecular complexity index is 877. The average Bonchev–Trinajstić information content (AvgIpc) is 2.72. The molecule has 2 N–H and O–H groups in total. The highest BCUT2D eigenvalue weighted by Crippen LogP contribution is 2.24. The Labute approximate surface area is 167 Å². The van der Waals surface area contributed by atoms with Crippen molar-refractivity contribution in [1.29, 1.82) is 0 Å². The highest BCUT2D eigenvalue weighted by atomic mass is 15.3. The maximum absolute atomic E-state index is 4.52. The maximum atomic E-state index is 4.52. The Morgan fingerprint density at radius 2 is 1.79 bits per heavy atom. The summed E-state index contributed by atoms with van der Waals surface area (Å²) in [7, 11) is 0. The Morgan fingerprint density at radius 3 is 2.50 bits per heavy atom. The maximum Gasteiger partial charge on any atom is 0.249 e. The zero-order valence-corrected chi connectivity index (χ0v) is 16.8.